The Morgan fingerprint density at radius 3 is 2.50 bits per heavy atom. The molecular formula is C16H14N2OS. The molecule has 0 aliphatic rings. The van der Waals surface area contributed by atoms with E-state index in [1.54, 1.807) is 4.57 Å². The van der Waals surface area contributed by atoms with E-state index in [4.69, 9.17) is 0 Å². The minimum absolute atomic E-state index is 0.0277. The van der Waals surface area contributed by atoms with E-state index < -0.39 is 0 Å². The van der Waals surface area contributed by atoms with Crippen LogP contribution in [0.2, 0.25) is 0 Å². The van der Waals surface area contributed by atoms with Crippen LogP contribution >= 0.6 is 11.8 Å². The molecule has 0 saturated heterocycles. The van der Waals surface area contributed by atoms with Crippen molar-refractivity contribution >= 4 is 22.8 Å². The summed E-state index contributed by atoms with van der Waals surface area (Å²) < 4.78 is 1.77. The Kier molecular flexibility index (Phi) is 3.56. The molecule has 0 spiro atoms. The lowest BCUT2D eigenvalue weighted by Crippen LogP contribution is -2.22. The summed E-state index contributed by atoms with van der Waals surface area (Å²) in [6, 6.07) is 17.6. The number of aromatic nitrogens is 2. The lowest BCUT2D eigenvalue weighted by molar-refractivity contribution is 0.729. The molecule has 2 aromatic carbocycles. The predicted octanol–water partition coefficient (Wildman–Crippen LogP) is 3.57. The molecule has 4 heteroatoms. The van der Waals surface area contributed by atoms with Crippen LogP contribution in [0.25, 0.3) is 11.0 Å². The van der Waals surface area contributed by atoms with Gasteiger partial charge in [-0.25, -0.2) is 4.98 Å². The second-order valence-electron chi connectivity index (χ2n) is 4.37. The van der Waals surface area contributed by atoms with Crippen molar-refractivity contribution in [2.45, 2.75) is 23.4 Å². The molecular weight excluding hydrogens is 268 g/mol. The maximum atomic E-state index is 12.5. The van der Waals surface area contributed by atoms with Crippen molar-refractivity contribution in [3.05, 3.63) is 65.0 Å². The summed E-state index contributed by atoms with van der Waals surface area (Å²) in [5.41, 5.74) is 1.71. The van der Waals surface area contributed by atoms with Crippen LogP contribution in [0.4, 0.5) is 0 Å². The molecule has 3 aromatic rings. The zero-order chi connectivity index (χ0) is 13.9. The van der Waals surface area contributed by atoms with Crippen molar-refractivity contribution < 1.29 is 0 Å². The Balaban J connectivity index is 2.16. The Morgan fingerprint density at radius 1 is 1.05 bits per heavy atom. The van der Waals surface area contributed by atoms with Gasteiger partial charge in [0.1, 0.15) is 0 Å². The van der Waals surface area contributed by atoms with Gasteiger partial charge in [-0.15, -0.1) is 0 Å². The van der Waals surface area contributed by atoms with Crippen molar-refractivity contribution in [3.63, 3.8) is 0 Å². The highest BCUT2D eigenvalue weighted by Crippen LogP contribution is 2.24. The summed E-state index contributed by atoms with van der Waals surface area (Å²) in [7, 11) is 0. The van der Waals surface area contributed by atoms with Crippen LogP contribution in [-0.2, 0) is 6.54 Å². The summed E-state index contributed by atoms with van der Waals surface area (Å²) in [6.45, 7) is 2.62. The fourth-order valence-corrected chi connectivity index (χ4v) is 3.01. The van der Waals surface area contributed by atoms with E-state index in [0.717, 1.165) is 15.9 Å². The molecule has 0 N–H and O–H groups in total. The van der Waals surface area contributed by atoms with Crippen molar-refractivity contribution in [3.8, 4) is 0 Å². The first-order valence-electron chi connectivity index (χ1n) is 6.52. The van der Waals surface area contributed by atoms with E-state index in [-0.39, 0.29) is 5.56 Å². The molecule has 3 nitrogen and oxygen atoms in total. The van der Waals surface area contributed by atoms with E-state index in [9.17, 15) is 4.79 Å². The van der Waals surface area contributed by atoms with Crippen molar-refractivity contribution in [1.29, 1.82) is 0 Å². The number of nitrogens with zero attached hydrogens (tertiary/aromatic N) is 2. The molecule has 0 amide bonds. The average Bonchev–Trinajstić information content (AvgIpc) is 2.49. The van der Waals surface area contributed by atoms with Crippen LogP contribution in [0.3, 0.4) is 0 Å². The lowest BCUT2D eigenvalue weighted by Gasteiger charge is -2.09. The highest BCUT2D eigenvalue weighted by Gasteiger charge is 2.10. The lowest BCUT2D eigenvalue weighted by atomic mass is 10.3. The number of benzene rings is 2. The van der Waals surface area contributed by atoms with Crippen LogP contribution in [0, 0.1) is 0 Å². The normalized spacial score (nSPS) is 10.8. The highest BCUT2D eigenvalue weighted by molar-refractivity contribution is 7.99. The molecule has 3 rings (SSSR count). The Morgan fingerprint density at radius 2 is 1.75 bits per heavy atom. The molecule has 0 radical (unpaired) electrons. The predicted molar refractivity (Wildman–Crippen MR) is 82.2 cm³/mol. The van der Waals surface area contributed by atoms with E-state index in [1.807, 2.05) is 61.5 Å². The molecule has 0 fully saturated rings. The fraction of sp³-hybridized carbons (Fsp3) is 0.125. The minimum atomic E-state index is -0.0277. The second-order valence-corrected chi connectivity index (χ2v) is 5.43. The number of fused-ring (bicyclic) bond motifs is 1. The molecule has 0 bridgehead atoms. The minimum Gasteiger partial charge on any atom is -0.305 e. The van der Waals surface area contributed by atoms with Crippen LogP contribution in [0.15, 0.2) is 69.3 Å². The van der Waals surface area contributed by atoms with E-state index >= 15 is 0 Å². The van der Waals surface area contributed by atoms with E-state index in [2.05, 4.69) is 4.98 Å². The van der Waals surface area contributed by atoms with Gasteiger partial charge in [0.25, 0.3) is 5.56 Å². The van der Waals surface area contributed by atoms with E-state index in [1.165, 1.54) is 11.8 Å². The van der Waals surface area contributed by atoms with Gasteiger partial charge in [-0.05, 0) is 31.2 Å². The van der Waals surface area contributed by atoms with Crippen molar-refractivity contribution in [2.24, 2.45) is 0 Å². The summed E-state index contributed by atoms with van der Waals surface area (Å²) in [4.78, 5) is 18.0. The zero-order valence-corrected chi connectivity index (χ0v) is 11.9. The van der Waals surface area contributed by atoms with E-state index in [0.29, 0.717) is 11.6 Å². The first-order chi connectivity index (χ1) is 9.79. The maximum absolute atomic E-state index is 12.5. The zero-order valence-electron chi connectivity index (χ0n) is 11.1. The average molecular weight is 282 g/mol. The molecule has 0 unspecified atom stereocenters. The van der Waals surface area contributed by atoms with Gasteiger partial charge in [-0.3, -0.25) is 4.79 Å². The summed E-state index contributed by atoms with van der Waals surface area (Å²) >= 11 is 1.41. The smallest absolute Gasteiger partial charge is 0.283 e. The van der Waals surface area contributed by atoms with Gasteiger partial charge in [0.2, 0.25) is 0 Å². The van der Waals surface area contributed by atoms with Crippen LogP contribution in [-0.4, -0.2) is 9.55 Å². The number of hydrogen-bond acceptors (Lipinski definition) is 3. The molecule has 1 aromatic heterocycles. The van der Waals surface area contributed by atoms with Gasteiger partial charge in [0, 0.05) is 11.4 Å². The van der Waals surface area contributed by atoms with Gasteiger partial charge in [0.15, 0.2) is 5.03 Å². The molecule has 0 saturated carbocycles. The molecule has 20 heavy (non-hydrogen) atoms. The molecule has 1 heterocycles. The standard InChI is InChI=1S/C16H14N2OS/c1-2-18-14-11-7-6-10-13(14)17-15(16(18)19)20-12-8-4-3-5-9-12/h3-11H,2H2,1H3. The Bertz CT molecular complexity index is 796. The monoisotopic (exact) mass is 282 g/mol. The van der Waals surface area contributed by atoms with Crippen LogP contribution in [0.1, 0.15) is 6.92 Å². The molecule has 0 aliphatic heterocycles. The number of rotatable bonds is 3. The molecule has 100 valence electrons. The first-order valence-corrected chi connectivity index (χ1v) is 7.33. The number of hydrogen-bond donors (Lipinski definition) is 0. The first kappa shape index (κ1) is 12.9. The Labute approximate surface area is 121 Å². The van der Waals surface area contributed by atoms with Gasteiger partial charge < -0.3 is 4.57 Å². The number of para-hydroxylation sites is 2. The maximum Gasteiger partial charge on any atom is 0.283 e. The molecule has 0 aliphatic carbocycles. The third-order valence-electron chi connectivity index (χ3n) is 3.10. The van der Waals surface area contributed by atoms with Gasteiger partial charge in [-0.2, -0.15) is 0 Å². The van der Waals surface area contributed by atoms with Crippen molar-refractivity contribution in [1.82, 2.24) is 9.55 Å². The summed E-state index contributed by atoms with van der Waals surface area (Å²) in [5.74, 6) is 0. The van der Waals surface area contributed by atoms with Gasteiger partial charge >= 0.3 is 0 Å². The third kappa shape index (κ3) is 2.34. The highest BCUT2D eigenvalue weighted by atomic mass is 32.2. The van der Waals surface area contributed by atoms with Crippen LogP contribution in [0.5, 0.6) is 0 Å². The van der Waals surface area contributed by atoms with Gasteiger partial charge in [0.05, 0.1) is 11.0 Å². The molecule has 0 atom stereocenters. The fourth-order valence-electron chi connectivity index (χ4n) is 2.15. The van der Waals surface area contributed by atoms with Crippen molar-refractivity contribution in [2.75, 3.05) is 0 Å². The SMILES string of the molecule is CCn1c(=O)c(Sc2ccccc2)nc2ccccc21. The van der Waals surface area contributed by atoms with Crippen LogP contribution < -0.4 is 5.56 Å². The quantitative estimate of drug-likeness (QED) is 0.736. The van der Waals surface area contributed by atoms with Gasteiger partial charge in [-0.1, -0.05) is 42.1 Å². The third-order valence-corrected chi connectivity index (χ3v) is 4.06. The Hall–Kier alpha value is -2.07. The largest absolute Gasteiger partial charge is 0.305 e. The topological polar surface area (TPSA) is 34.9 Å². The second kappa shape index (κ2) is 5.51. The summed E-state index contributed by atoms with van der Waals surface area (Å²) in [6.07, 6.45) is 0. The summed E-state index contributed by atoms with van der Waals surface area (Å²) in [5, 5.41) is 0.525. The number of aryl methyl sites for hydroxylation is 1.